The summed E-state index contributed by atoms with van der Waals surface area (Å²) in [6.45, 7) is 0. The van der Waals surface area contributed by atoms with Gasteiger partial charge in [-0.25, -0.2) is 0 Å². The fourth-order valence-corrected chi connectivity index (χ4v) is 3.38. The second-order valence-electron chi connectivity index (χ2n) is 5.53. The van der Waals surface area contributed by atoms with Crippen LogP contribution in [-0.2, 0) is 12.0 Å². The Bertz CT molecular complexity index is 783. The van der Waals surface area contributed by atoms with Crippen molar-refractivity contribution in [3.63, 3.8) is 0 Å². The summed E-state index contributed by atoms with van der Waals surface area (Å²) in [6.07, 6.45) is 0.456. The van der Waals surface area contributed by atoms with Crippen molar-refractivity contribution in [3.05, 3.63) is 70.8 Å². The monoisotopic (exact) mass is 279 g/mol. The smallest absolute Gasteiger partial charge is 0.252 e. The van der Waals surface area contributed by atoms with Crippen molar-refractivity contribution < 1.29 is 14.7 Å². The highest BCUT2D eigenvalue weighted by molar-refractivity contribution is 6.14. The van der Waals surface area contributed by atoms with Crippen molar-refractivity contribution >= 4 is 11.7 Å². The lowest BCUT2D eigenvalue weighted by atomic mass is 9.84. The first-order valence-electron chi connectivity index (χ1n) is 6.88. The largest absolute Gasteiger partial charge is 0.375 e. The van der Waals surface area contributed by atoms with Crippen molar-refractivity contribution in [2.24, 2.45) is 0 Å². The fraction of sp³-hybridized carbons (Fsp3) is 0.176. The molecule has 0 radical (unpaired) electrons. The highest BCUT2D eigenvalue weighted by atomic mass is 16.3. The molecule has 0 unspecified atom stereocenters. The molecule has 21 heavy (non-hydrogen) atoms. The van der Waals surface area contributed by atoms with Crippen LogP contribution in [0.2, 0.25) is 0 Å². The van der Waals surface area contributed by atoms with E-state index in [9.17, 15) is 14.7 Å². The Balaban J connectivity index is 1.98. The number of benzene rings is 2. The second-order valence-corrected chi connectivity index (χ2v) is 5.53. The van der Waals surface area contributed by atoms with Crippen LogP contribution in [0.15, 0.2) is 48.5 Å². The van der Waals surface area contributed by atoms with E-state index in [4.69, 9.17) is 0 Å². The van der Waals surface area contributed by atoms with Gasteiger partial charge in [-0.1, -0.05) is 42.5 Å². The zero-order valence-corrected chi connectivity index (χ0v) is 11.2. The number of ketones is 1. The molecule has 2 N–H and O–H groups in total. The lowest BCUT2D eigenvalue weighted by Gasteiger charge is -2.27. The van der Waals surface area contributed by atoms with E-state index >= 15 is 0 Å². The van der Waals surface area contributed by atoms with Crippen LogP contribution in [0.1, 0.15) is 31.8 Å². The van der Waals surface area contributed by atoms with Gasteiger partial charge in [0.2, 0.25) is 5.78 Å². The number of hydrogen-bond acceptors (Lipinski definition) is 3. The van der Waals surface area contributed by atoms with Crippen LogP contribution < -0.4 is 5.32 Å². The maximum Gasteiger partial charge on any atom is 0.252 e. The van der Waals surface area contributed by atoms with Gasteiger partial charge in [0, 0.05) is 5.56 Å². The Morgan fingerprint density at radius 1 is 1.00 bits per heavy atom. The van der Waals surface area contributed by atoms with Gasteiger partial charge in [-0.2, -0.15) is 0 Å². The van der Waals surface area contributed by atoms with E-state index in [1.165, 1.54) is 0 Å². The highest BCUT2D eigenvalue weighted by Gasteiger charge is 2.54. The van der Waals surface area contributed by atoms with Crippen molar-refractivity contribution in [1.82, 2.24) is 5.32 Å². The molecule has 1 aliphatic carbocycles. The van der Waals surface area contributed by atoms with Gasteiger partial charge in [-0.15, -0.1) is 0 Å². The topological polar surface area (TPSA) is 66.4 Å². The summed E-state index contributed by atoms with van der Waals surface area (Å²) in [5, 5.41) is 13.9. The molecule has 0 spiro atoms. The first-order chi connectivity index (χ1) is 10.1. The van der Waals surface area contributed by atoms with Gasteiger partial charge < -0.3 is 10.4 Å². The Kier molecular flexibility index (Phi) is 2.35. The average molecular weight is 279 g/mol. The van der Waals surface area contributed by atoms with Gasteiger partial charge in [0.15, 0.2) is 5.60 Å². The minimum Gasteiger partial charge on any atom is -0.375 e. The van der Waals surface area contributed by atoms with Gasteiger partial charge in [-0.3, -0.25) is 9.59 Å². The van der Waals surface area contributed by atoms with Crippen LogP contribution in [0, 0.1) is 0 Å². The van der Waals surface area contributed by atoms with Crippen molar-refractivity contribution in [2.45, 2.75) is 18.1 Å². The van der Waals surface area contributed by atoms with E-state index in [-0.39, 0.29) is 11.5 Å². The quantitative estimate of drug-likeness (QED) is 0.766. The van der Waals surface area contributed by atoms with Gasteiger partial charge in [0.1, 0.15) is 0 Å². The number of rotatable bonds is 0. The number of aliphatic hydroxyl groups is 1. The van der Waals surface area contributed by atoms with E-state index in [0.717, 1.165) is 5.56 Å². The third-order valence-electron chi connectivity index (χ3n) is 4.42. The normalized spacial score (nSPS) is 26.4. The van der Waals surface area contributed by atoms with E-state index in [2.05, 4.69) is 5.32 Å². The molecule has 2 aliphatic rings. The molecule has 0 fully saturated rings. The summed E-state index contributed by atoms with van der Waals surface area (Å²) in [7, 11) is 0. The molecule has 2 aromatic carbocycles. The van der Waals surface area contributed by atoms with Gasteiger partial charge in [0.05, 0.1) is 11.6 Å². The molecule has 1 aliphatic heterocycles. The molecule has 0 aromatic heterocycles. The molecule has 2 aromatic rings. The minimum atomic E-state index is -1.68. The second kappa shape index (κ2) is 4.02. The zero-order valence-electron chi connectivity index (χ0n) is 11.2. The predicted molar refractivity (Wildman–Crippen MR) is 76.1 cm³/mol. The SMILES string of the molecule is O=C1N[C@H]2Cc3ccccc3[C@@]2(O)C(=O)c2ccccc21. The molecule has 4 heteroatoms. The summed E-state index contributed by atoms with van der Waals surface area (Å²) in [4.78, 5) is 25.2. The molecule has 2 atom stereocenters. The molecule has 0 saturated heterocycles. The maximum atomic E-state index is 12.9. The lowest BCUT2D eigenvalue weighted by molar-refractivity contribution is 0.0164. The molecule has 4 nitrogen and oxygen atoms in total. The average Bonchev–Trinajstić information content (AvgIpc) is 2.76. The van der Waals surface area contributed by atoms with Gasteiger partial charge >= 0.3 is 0 Å². The van der Waals surface area contributed by atoms with Crippen molar-refractivity contribution in [1.29, 1.82) is 0 Å². The number of fused-ring (bicyclic) bond motifs is 4. The van der Waals surface area contributed by atoms with Gasteiger partial charge in [0.25, 0.3) is 5.91 Å². The number of carbonyl (C=O) groups excluding carboxylic acids is 2. The zero-order chi connectivity index (χ0) is 14.6. The summed E-state index contributed by atoms with van der Waals surface area (Å²) in [6, 6.07) is 13.3. The molecular weight excluding hydrogens is 266 g/mol. The van der Waals surface area contributed by atoms with Crippen molar-refractivity contribution in [2.75, 3.05) is 0 Å². The number of amides is 1. The van der Waals surface area contributed by atoms with E-state index in [1.54, 1.807) is 36.4 Å². The first-order valence-corrected chi connectivity index (χ1v) is 6.88. The molecule has 0 saturated carbocycles. The molecule has 0 bridgehead atoms. The third-order valence-corrected chi connectivity index (χ3v) is 4.42. The van der Waals surface area contributed by atoms with E-state index in [0.29, 0.717) is 17.5 Å². The highest BCUT2D eigenvalue weighted by Crippen LogP contribution is 2.41. The molecular formula is C17H13NO3. The third kappa shape index (κ3) is 1.48. The van der Waals surface area contributed by atoms with Crippen LogP contribution >= 0.6 is 0 Å². The summed E-state index contributed by atoms with van der Waals surface area (Å²) in [5.74, 6) is -0.723. The van der Waals surface area contributed by atoms with Crippen LogP contribution in [0.5, 0.6) is 0 Å². The van der Waals surface area contributed by atoms with Crippen LogP contribution in [0.3, 0.4) is 0 Å². The summed E-state index contributed by atoms with van der Waals surface area (Å²) < 4.78 is 0. The lowest BCUT2D eigenvalue weighted by Crippen LogP contribution is -2.50. The number of nitrogens with one attached hydrogen (secondary N) is 1. The summed E-state index contributed by atoms with van der Waals surface area (Å²) >= 11 is 0. The van der Waals surface area contributed by atoms with Gasteiger partial charge in [-0.05, 0) is 23.6 Å². The fourth-order valence-electron chi connectivity index (χ4n) is 3.38. The number of hydrogen-bond donors (Lipinski definition) is 2. The number of Topliss-reactive ketones (excluding diaryl/α,β-unsaturated/α-hetero) is 1. The van der Waals surface area contributed by atoms with E-state index < -0.39 is 17.4 Å². The Morgan fingerprint density at radius 3 is 2.48 bits per heavy atom. The van der Waals surface area contributed by atoms with Crippen molar-refractivity contribution in [3.8, 4) is 0 Å². The molecule has 1 heterocycles. The van der Waals surface area contributed by atoms with E-state index in [1.807, 2.05) is 12.1 Å². The minimum absolute atomic E-state index is 0.275. The standard InChI is InChI=1S/C17H13NO3/c19-15-11-6-2-3-7-12(11)16(20)18-14-9-10-5-1-4-8-13(10)17(14,15)21/h1-8,14,21H,9H2,(H,18,20)/t14-,17-/m0/s1. The Hall–Kier alpha value is -2.46. The molecule has 1 amide bonds. The summed E-state index contributed by atoms with van der Waals surface area (Å²) in [5.41, 5.74) is 0.410. The molecule has 4 rings (SSSR count). The first kappa shape index (κ1) is 12.3. The van der Waals surface area contributed by atoms with Crippen LogP contribution in [0.25, 0.3) is 0 Å². The Morgan fingerprint density at radius 2 is 1.67 bits per heavy atom. The van der Waals surface area contributed by atoms with Crippen LogP contribution in [0.4, 0.5) is 0 Å². The number of carbonyl (C=O) groups is 2. The van der Waals surface area contributed by atoms with Crippen LogP contribution in [-0.4, -0.2) is 22.8 Å². The predicted octanol–water partition coefficient (Wildman–Crippen LogP) is 1.43. The molecule has 104 valence electrons. The Labute approximate surface area is 121 Å². The maximum absolute atomic E-state index is 12.9.